The molecular formula is C13H15F3N2O2S. The maximum Gasteiger partial charge on any atom is 0.417 e. The van der Waals surface area contributed by atoms with Gasteiger partial charge in [-0.2, -0.15) is 13.2 Å². The van der Waals surface area contributed by atoms with Crippen molar-refractivity contribution in [3.05, 3.63) is 29.3 Å². The molecule has 21 heavy (non-hydrogen) atoms. The van der Waals surface area contributed by atoms with Crippen LogP contribution in [0.15, 0.2) is 28.3 Å². The van der Waals surface area contributed by atoms with Crippen LogP contribution in [0.3, 0.4) is 0 Å². The van der Waals surface area contributed by atoms with Crippen molar-refractivity contribution in [1.29, 1.82) is 0 Å². The Labute approximate surface area is 124 Å². The molecule has 1 fully saturated rings. The van der Waals surface area contributed by atoms with E-state index in [2.05, 4.69) is 5.16 Å². The molecule has 1 unspecified atom stereocenters. The summed E-state index contributed by atoms with van der Waals surface area (Å²) in [4.78, 5) is 0.479. The molecule has 3 N–H and O–H groups in total. The van der Waals surface area contributed by atoms with E-state index in [4.69, 9.17) is 15.7 Å². The quantitative estimate of drug-likeness (QED) is 0.294. The third-order valence-corrected chi connectivity index (χ3v) is 4.27. The molecule has 0 aromatic heterocycles. The predicted molar refractivity (Wildman–Crippen MR) is 73.7 cm³/mol. The van der Waals surface area contributed by atoms with Crippen molar-refractivity contribution >= 4 is 17.6 Å². The van der Waals surface area contributed by atoms with E-state index in [0.29, 0.717) is 17.3 Å². The van der Waals surface area contributed by atoms with Gasteiger partial charge in [0.15, 0.2) is 5.84 Å². The molecule has 0 saturated carbocycles. The van der Waals surface area contributed by atoms with E-state index >= 15 is 0 Å². The van der Waals surface area contributed by atoms with Crippen LogP contribution in [0.1, 0.15) is 24.0 Å². The normalized spacial score (nSPS) is 20.0. The number of hydrogen-bond donors (Lipinski definition) is 2. The van der Waals surface area contributed by atoms with E-state index in [1.54, 1.807) is 0 Å². The molecule has 1 aliphatic rings. The fourth-order valence-corrected chi connectivity index (χ4v) is 3.10. The minimum absolute atomic E-state index is 0.0908. The summed E-state index contributed by atoms with van der Waals surface area (Å²) < 4.78 is 44.6. The number of hydrogen-bond acceptors (Lipinski definition) is 4. The summed E-state index contributed by atoms with van der Waals surface area (Å²) in [6, 6.07) is 3.77. The molecule has 2 rings (SSSR count). The van der Waals surface area contributed by atoms with Crippen LogP contribution >= 0.6 is 11.8 Å². The van der Waals surface area contributed by atoms with Gasteiger partial charge in [-0.3, -0.25) is 0 Å². The Bertz CT molecular complexity index is 529. The lowest BCUT2D eigenvalue weighted by atomic mass is 10.1. The zero-order valence-electron chi connectivity index (χ0n) is 11.1. The number of benzene rings is 1. The zero-order valence-corrected chi connectivity index (χ0v) is 11.9. The molecule has 1 heterocycles. The van der Waals surface area contributed by atoms with Crippen LogP contribution in [-0.2, 0) is 10.9 Å². The lowest BCUT2D eigenvalue weighted by Gasteiger charge is -2.14. The first kappa shape index (κ1) is 16.0. The van der Waals surface area contributed by atoms with Gasteiger partial charge in [0, 0.05) is 22.8 Å². The monoisotopic (exact) mass is 320 g/mol. The third kappa shape index (κ3) is 4.04. The molecule has 0 amide bonds. The summed E-state index contributed by atoms with van der Waals surface area (Å²) in [6.45, 7) is 0.710. The molecule has 1 atom stereocenters. The molecule has 8 heteroatoms. The highest BCUT2D eigenvalue weighted by molar-refractivity contribution is 7.99. The van der Waals surface area contributed by atoms with Crippen molar-refractivity contribution in [3.63, 3.8) is 0 Å². The number of ether oxygens (including phenoxy) is 1. The second-order valence-corrected chi connectivity index (χ2v) is 5.73. The van der Waals surface area contributed by atoms with Crippen LogP contribution in [0.5, 0.6) is 0 Å². The Morgan fingerprint density at radius 2 is 2.24 bits per heavy atom. The van der Waals surface area contributed by atoms with Crippen molar-refractivity contribution in [3.8, 4) is 0 Å². The molecule has 116 valence electrons. The van der Waals surface area contributed by atoms with E-state index in [9.17, 15) is 13.2 Å². The minimum atomic E-state index is -4.56. The largest absolute Gasteiger partial charge is 0.417 e. The molecule has 0 bridgehead atoms. The lowest BCUT2D eigenvalue weighted by Crippen LogP contribution is -2.20. The second-order valence-electron chi connectivity index (χ2n) is 4.64. The number of oxime groups is 1. The van der Waals surface area contributed by atoms with Crippen LogP contribution in [0, 0.1) is 0 Å². The van der Waals surface area contributed by atoms with Crippen LogP contribution in [-0.4, -0.2) is 29.5 Å². The fourth-order valence-electron chi connectivity index (χ4n) is 2.09. The Balaban J connectivity index is 2.20. The Hall–Kier alpha value is -1.41. The molecule has 4 nitrogen and oxygen atoms in total. The number of amidine groups is 1. The molecule has 0 radical (unpaired) electrons. The van der Waals surface area contributed by atoms with Gasteiger partial charge in [-0.25, -0.2) is 0 Å². The first-order valence-corrected chi connectivity index (χ1v) is 7.34. The maximum atomic E-state index is 13.0. The average Bonchev–Trinajstić information content (AvgIpc) is 2.96. The first-order valence-electron chi connectivity index (χ1n) is 6.35. The van der Waals surface area contributed by atoms with Crippen LogP contribution in [0.25, 0.3) is 0 Å². The Kier molecular flexibility index (Phi) is 5.00. The second kappa shape index (κ2) is 6.57. The summed E-state index contributed by atoms with van der Waals surface area (Å²) in [5.74, 6) is 0.0539. The van der Waals surface area contributed by atoms with Gasteiger partial charge in [0.1, 0.15) is 0 Å². The van der Waals surface area contributed by atoms with E-state index in [1.165, 1.54) is 23.9 Å². The highest BCUT2D eigenvalue weighted by Gasteiger charge is 2.34. The molecule has 1 aromatic rings. The number of rotatable bonds is 4. The maximum absolute atomic E-state index is 13.0. The van der Waals surface area contributed by atoms with Crippen LogP contribution in [0.4, 0.5) is 13.2 Å². The molecular weight excluding hydrogens is 305 g/mol. The van der Waals surface area contributed by atoms with Crippen molar-refractivity contribution in [2.24, 2.45) is 10.9 Å². The molecule has 0 aliphatic carbocycles. The summed E-state index contributed by atoms with van der Waals surface area (Å²) in [6.07, 6.45) is -2.55. The van der Waals surface area contributed by atoms with Gasteiger partial charge in [0.2, 0.25) is 0 Å². The predicted octanol–water partition coefficient (Wildman–Crippen LogP) is 3.07. The van der Waals surface area contributed by atoms with Gasteiger partial charge in [0.25, 0.3) is 0 Å². The summed E-state index contributed by atoms with van der Waals surface area (Å²) in [5, 5.41) is 11.2. The van der Waals surface area contributed by atoms with Gasteiger partial charge in [0.05, 0.1) is 11.7 Å². The first-order chi connectivity index (χ1) is 9.91. The molecule has 1 saturated heterocycles. The summed E-state index contributed by atoms with van der Waals surface area (Å²) in [7, 11) is 0. The van der Waals surface area contributed by atoms with Gasteiger partial charge in [-0.05, 0) is 31.0 Å². The highest BCUT2D eigenvalue weighted by atomic mass is 32.2. The van der Waals surface area contributed by atoms with Gasteiger partial charge in [-0.1, -0.05) is 5.16 Å². The van der Waals surface area contributed by atoms with Crippen LogP contribution < -0.4 is 5.73 Å². The number of alkyl halides is 3. The summed E-state index contributed by atoms with van der Waals surface area (Å²) in [5.41, 5.74) is 4.05. The van der Waals surface area contributed by atoms with E-state index in [1.807, 2.05) is 0 Å². The topological polar surface area (TPSA) is 67.8 Å². The van der Waals surface area contributed by atoms with Crippen molar-refractivity contribution in [2.45, 2.75) is 30.0 Å². The minimum Gasteiger partial charge on any atom is -0.409 e. The molecule has 1 aromatic carbocycles. The van der Waals surface area contributed by atoms with Gasteiger partial charge >= 0.3 is 6.18 Å². The number of nitrogens with zero attached hydrogens (tertiary/aromatic N) is 1. The smallest absolute Gasteiger partial charge is 0.409 e. The van der Waals surface area contributed by atoms with E-state index in [-0.39, 0.29) is 11.7 Å². The number of nitrogens with two attached hydrogens (primary N) is 1. The van der Waals surface area contributed by atoms with E-state index < -0.39 is 17.6 Å². The Morgan fingerprint density at radius 3 is 2.81 bits per heavy atom. The average molecular weight is 320 g/mol. The van der Waals surface area contributed by atoms with Crippen LogP contribution in [0.2, 0.25) is 0 Å². The van der Waals surface area contributed by atoms with Gasteiger partial charge in [-0.15, -0.1) is 11.8 Å². The van der Waals surface area contributed by atoms with Crippen molar-refractivity contribution in [1.82, 2.24) is 0 Å². The lowest BCUT2D eigenvalue weighted by molar-refractivity contribution is -0.137. The number of halogens is 3. The molecule has 0 spiro atoms. The summed E-state index contributed by atoms with van der Waals surface area (Å²) >= 11 is 1.31. The van der Waals surface area contributed by atoms with Crippen molar-refractivity contribution in [2.75, 3.05) is 12.4 Å². The Morgan fingerprint density at radius 1 is 1.48 bits per heavy atom. The SMILES string of the molecule is N/C(=N/O)c1ccc(SCC2CCCO2)cc1C(F)(F)F. The fraction of sp³-hybridized carbons (Fsp3) is 0.462. The number of thioether (sulfide) groups is 1. The van der Waals surface area contributed by atoms with Gasteiger partial charge < -0.3 is 15.7 Å². The van der Waals surface area contributed by atoms with Crippen molar-refractivity contribution < 1.29 is 23.1 Å². The zero-order chi connectivity index (χ0) is 15.5. The highest BCUT2D eigenvalue weighted by Crippen LogP contribution is 2.35. The van der Waals surface area contributed by atoms with E-state index in [0.717, 1.165) is 18.9 Å². The third-order valence-electron chi connectivity index (χ3n) is 3.14. The molecule has 1 aliphatic heterocycles. The standard InChI is InChI=1S/C13H15F3N2O2S/c14-13(15,16)11-6-9(3-4-10(11)12(17)18-19)21-7-8-2-1-5-20-8/h3-4,6,8,19H,1-2,5,7H2,(H2,17,18).